The van der Waals surface area contributed by atoms with Crippen LogP contribution < -0.4 is 15.4 Å². The van der Waals surface area contributed by atoms with Crippen LogP contribution in [0.25, 0.3) is 0 Å². The van der Waals surface area contributed by atoms with Crippen LogP contribution in [0.15, 0.2) is 29.3 Å². The van der Waals surface area contributed by atoms with Gasteiger partial charge >= 0.3 is 0 Å². The standard InChI is InChI=1S/C15H25N3O3/c1-16-15(17-8-9-19-2)18-12-13-4-6-14(7-5-13)21-11-10-20-3/h4-7H,8-12H2,1-3H3,(H2,16,17,18). The SMILES string of the molecule is CN=C(NCCOC)NCc1ccc(OCCOC)cc1. The van der Waals surface area contributed by atoms with Crippen molar-refractivity contribution < 1.29 is 14.2 Å². The fourth-order valence-electron chi connectivity index (χ4n) is 1.62. The third-order valence-corrected chi connectivity index (χ3v) is 2.76. The quantitative estimate of drug-likeness (QED) is 0.405. The molecule has 6 nitrogen and oxygen atoms in total. The second-order valence-corrected chi connectivity index (χ2v) is 4.33. The van der Waals surface area contributed by atoms with Crippen LogP contribution in [-0.2, 0) is 16.0 Å². The van der Waals surface area contributed by atoms with E-state index in [9.17, 15) is 0 Å². The Morgan fingerprint density at radius 2 is 1.71 bits per heavy atom. The summed E-state index contributed by atoms with van der Waals surface area (Å²) in [6.45, 7) is 3.22. The number of methoxy groups -OCH3 is 2. The predicted octanol–water partition coefficient (Wildman–Crippen LogP) is 1.02. The van der Waals surface area contributed by atoms with E-state index in [1.807, 2.05) is 24.3 Å². The predicted molar refractivity (Wildman–Crippen MR) is 83.9 cm³/mol. The van der Waals surface area contributed by atoms with Gasteiger partial charge in [-0.1, -0.05) is 12.1 Å². The molecule has 0 bridgehead atoms. The highest BCUT2D eigenvalue weighted by molar-refractivity contribution is 5.79. The minimum Gasteiger partial charge on any atom is -0.491 e. The van der Waals surface area contributed by atoms with Gasteiger partial charge in [-0.05, 0) is 17.7 Å². The zero-order chi connectivity index (χ0) is 15.3. The van der Waals surface area contributed by atoms with Gasteiger partial charge in [-0.15, -0.1) is 0 Å². The Labute approximate surface area is 126 Å². The lowest BCUT2D eigenvalue weighted by atomic mass is 10.2. The average Bonchev–Trinajstić information content (AvgIpc) is 2.52. The van der Waals surface area contributed by atoms with E-state index in [0.717, 1.165) is 23.8 Å². The van der Waals surface area contributed by atoms with Crippen molar-refractivity contribution in [2.24, 2.45) is 4.99 Å². The summed E-state index contributed by atoms with van der Waals surface area (Å²) < 4.78 is 15.4. The maximum Gasteiger partial charge on any atom is 0.191 e. The van der Waals surface area contributed by atoms with Crippen molar-refractivity contribution in [3.05, 3.63) is 29.8 Å². The van der Waals surface area contributed by atoms with Gasteiger partial charge in [-0.3, -0.25) is 4.99 Å². The molecule has 0 aliphatic rings. The highest BCUT2D eigenvalue weighted by Gasteiger charge is 1.99. The van der Waals surface area contributed by atoms with E-state index in [0.29, 0.717) is 26.4 Å². The van der Waals surface area contributed by atoms with Gasteiger partial charge in [0.2, 0.25) is 0 Å². The smallest absolute Gasteiger partial charge is 0.191 e. The minimum absolute atomic E-state index is 0.560. The molecule has 2 N–H and O–H groups in total. The number of aliphatic imine (C=N–C) groups is 1. The first-order valence-corrected chi connectivity index (χ1v) is 6.94. The van der Waals surface area contributed by atoms with Crippen LogP contribution >= 0.6 is 0 Å². The van der Waals surface area contributed by atoms with E-state index in [4.69, 9.17) is 14.2 Å². The maximum atomic E-state index is 5.52. The van der Waals surface area contributed by atoms with Crippen LogP contribution in [0.2, 0.25) is 0 Å². The summed E-state index contributed by atoms with van der Waals surface area (Å²) in [4.78, 5) is 4.14. The Balaban J connectivity index is 2.34. The van der Waals surface area contributed by atoms with Gasteiger partial charge in [-0.2, -0.15) is 0 Å². The number of hydrogen-bond acceptors (Lipinski definition) is 4. The third kappa shape index (κ3) is 7.53. The second kappa shape index (κ2) is 10.9. The molecule has 0 spiro atoms. The number of benzene rings is 1. The molecule has 6 heteroatoms. The van der Waals surface area contributed by atoms with E-state index in [2.05, 4.69) is 15.6 Å². The molecule has 0 unspecified atom stereocenters. The zero-order valence-corrected chi connectivity index (χ0v) is 13.0. The van der Waals surface area contributed by atoms with Crippen LogP contribution in [0.5, 0.6) is 5.75 Å². The van der Waals surface area contributed by atoms with Crippen molar-refractivity contribution in [2.45, 2.75) is 6.54 Å². The number of nitrogens with one attached hydrogen (secondary N) is 2. The summed E-state index contributed by atoms with van der Waals surface area (Å²) in [5.41, 5.74) is 1.16. The molecule has 0 aliphatic heterocycles. The van der Waals surface area contributed by atoms with Crippen LogP contribution in [0.3, 0.4) is 0 Å². The third-order valence-electron chi connectivity index (χ3n) is 2.76. The number of ether oxygens (including phenoxy) is 3. The lowest BCUT2D eigenvalue weighted by Gasteiger charge is -2.12. The van der Waals surface area contributed by atoms with E-state index in [1.165, 1.54) is 0 Å². The maximum absolute atomic E-state index is 5.52. The molecular weight excluding hydrogens is 270 g/mol. The molecule has 1 aromatic rings. The monoisotopic (exact) mass is 295 g/mol. The Morgan fingerprint density at radius 3 is 2.33 bits per heavy atom. The largest absolute Gasteiger partial charge is 0.491 e. The highest BCUT2D eigenvalue weighted by atomic mass is 16.5. The van der Waals surface area contributed by atoms with E-state index in [1.54, 1.807) is 21.3 Å². The summed E-state index contributed by atoms with van der Waals surface area (Å²) >= 11 is 0. The molecule has 1 aromatic carbocycles. The van der Waals surface area contributed by atoms with Gasteiger partial charge in [0.15, 0.2) is 5.96 Å². The molecule has 0 aliphatic carbocycles. The van der Waals surface area contributed by atoms with Gasteiger partial charge in [0, 0.05) is 34.4 Å². The Morgan fingerprint density at radius 1 is 1.00 bits per heavy atom. The second-order valence-electron chi connectivity index (χ2n) is 4.33. The molecule has 0 aromatic heterocycles. The first-order valence-electron chi connectivity index (χ1n) is 6.94. The van der Waals surface area contributed by atoms with Crippen molar-refractivity contribution >= 4 is 5.96 Å². The summed E-state index contributed by atoms with van der Waals surface area (Å²) in [6, 6.07) is 7.96. The molecular formula is C15H25N3O3. The summed E-state index contributed by atoms with van der Waals surface area (Å²) in [7, 11) is 5.08. The molecule has 0 heterocycles. The highest BCUT2D eigenvalue weighted by Crippen LogP contribution is 2.11. The molecule has 0 atom stereocenters. The molecule has 0 saturated carbocycles. The van der Waals surface area contributed by atoms with Crippen molar-refractivity contribution in [3.8, 4) is 5.75 Å². The lowest BCUT2D eigenvalue weighted by Crippen LogP contribution is -2.38. The van der Waals surface area contributed by atoms with E-state index in [-0.39, 0.29) is 0 Å². The molecule has 0 amide bonds. The summed E-state index contributed by atoms with van der Waals surface area (Å²) in [6.07, 6.45) is 0. The Bertz CT molecular complexity index is 407. The fourth-order valence-corrected chi connectivity index (χ4v) is 1.62. The number of guanidine groups is 1. The minimum atomic E-state index is 0.560. The molecule has 0 saturated heterocycles. The van der Waals surface area contributed by atoms with Crippen molar-refractivity contribution in [2.75, 3.05) is 47.6 Å². The van der Waals surface area contributed by atoms with E-state index < -0.39 is 0 Å². The van der Waals surface area contributed by atoms with Crippen LogP contribution in [0.4, 0.5) is 0 Å². The van der Waals surface area contributed by atoms with Gasteiger partial charge in [0.05, 0.1) is 13.2 Å². The first-order chi connectivity index (χ1) is 10.3. The number of nitrogens with zero attached hydrogens (tertiary/aromatic N) is 1. The summed E-state index contributed by atoms with van der Waals surface area (Å²) in [5, 5.41) is 6.40. The van der Waals surface area contributed by atoms with Crippen molar-refractivity contribution in [1.82, 2.24) is 10.6 Å². The Kier molecular flexibility index (Phi) is 8.99. The van der Waals surface area contributed by atoms with Crippen LogP contribution in [-0.4, -0.2) is 53.6 Å². The molecule has 0 fully saturated rings. The number of rotatable bonds is 9. The Hall–Kier alpha value is -1.79. The molecule has 0 radical (unpaired) electrons. The van der Waals surface area contributed by atoms with E-state index >= 15 is 0 Å². The van der Waals surface area contributed by atoms with Crippen LogP contribution in [0, 0.1) is 0 Å². The molecule has 1 rings (SSSR count). The van der Waals surface area contributed by atoms with Gasteiger partial charge in [0.25, 0.3) is 0 Å². The topological polar surface area (TPSA) is 64.1 Å². The van der Waals surface area contributed by atoms with Gasteiger partial charge in [0.1, 0.15) is 12.4 Å². The normalized spacial score (nSPS) is 11.3. The van der Waals surface area contributed by atoms with Gasteiger partial charge < -0.3 is 24.8 Å². The van der Waals surface area contributed by atoms with Gasteiger partial charge in [-0.25, -0.2) is 0 Å². The van der Waals surface area contributed by atoms with Crippen molar-refractivity contribution in [1.29, 1.82) is 0 Å². The zero-order valence-electron chi connectivity index (χ0n) is 13.0. The van der Waals surface area contributed by atoms with Crippen molar-refractivity contribution in [3.63, 3.8) is 0 Å². The first kappa shape index (κ1) is 17.3. The molecule has 118 valence electrons. The van der Waals surface area contributed by atoms with Crippen LogP contribution in [0.1, 0.15) is 5.56 Å². The fraction of sp³-hybridized carbons (Fsp3) is 0.533. The average molecular weight is 295 g/mol. The lowest BCUT2D eigenvalue weighted by molar-refractivity contribution is 0.146. The number of hydrogen-bond donors (Lipinski definition) is 2. The molecule has 21 heavy (non-hydrogen) atoms. The summed E-state index contributed by atoms with van der Waals surface area (Å²) in [5.74, 6) is 1.60.